The van der Waals surface area contributed by atoms with Crippen molar-refractivity contribution < 1.29 is 18.4 Å². The number of ketones is 2. The zero-order valence-corrected chi connectivity index (χ0v) is 16.4. The van der Waals surface area contributed by atoms with Gasteiger partial charge in [-0.25, -0.2) is 14.4 Å². The second-order valence-electron chi connectivity index (χ2n) is 6.23. The van der Waals surface area contributed by atoms with E-state index in [2.05, 4.69) is 9.97 Å². The zero-order valence-electron chi connectivity index (χ0n) is 15.6. The lowest BCUT2D eigenvalue weighted by atomic mass is 10.1. The van der Waals surface area contributed by atoms with E-state index in [-0.39, 0.29) is 17.4 Å². The minimum atomic E-state index is -0.365. The van der Waals surface area contributed by atoms with Crippen molar-refractivity contribution in [2.75, 3.05) is 5.75 Å². The number of hydrogen-bond donors (Lipinski definition) is 0. The number of halogens is 1. The van der Waals surface area contributed by atoms with Gasteiger partial charge in [-0.2, -0.15) is 0 Å². The average molecular weight is 398 g/mol. The Kier molecular flexibility index (Phi) is 6.36. The van der Waals surface area contributed by atoms with Crippen molar-refractivity contribution >= 4 is 23.3 Å². The lowest BCUT2D eigenvalue weighted by Gasteiger charge is -2.10. The monoisotopic (exact) mass is 398 g/mol. The molecule has 144 valence electrons. The van der Waals surface area contributed by atoms with E-state index in [1.54, 1.807) is 25.3 Å². The number of aryl methyl sites for hydroxylation is 1. The average Bonchev–Trinajstić information content (AvgIpc) is 3.19. The van der Waals surface area contributed by atoms with E-state index < -0.39 is 0 Å². The molecule has 0 aliphatic rings. The Labute approximate surface area is 166 Å². The lowest BCUT2D eigenvalue weighted by Crippen LogP contribution is -2.06. The highest BCUT2D eigenvalue weighted by atomic mass is 32.2. The van der Waals surface area contributed by atoms with Gasteiger partial charge >= 0.3 is 0 Å². The topological polar surface area (TPSA) is 73.1 Å². The first-order valence-corrected chi connectivity index (χ1v) is 9.79. The molecule has 2 heterocycles. The van der Waals surface area contributed by atoms with Gasteiger partial charge in [0.05, 0.1) is 17.5 Å². The van der Waals surface area contributed by atoms with Crippen molar-refractivity contribution in [3.8, 4) is 11.6 Å². The molecule has 0 unspecified atom stereocenters. The summed E-state index contributed by atoms with van der Waals surface area (Å²) in [4.78, 5) is 33.1. The lowest BCUT2D eigenvalue weighted by molar-refractivity contribution is 0.0979. The summed E-state index contributed by atoms with van der Waals surface area (Å²) in [6, 6.07) is 9.05. The first-order valence-electron chi connectivity index (χ1n) is 8.80. The Balaban J connectivity index is 1.68. The molecule has 0 spiro atoms. The van der Waals surface area contributed by atoms with Crippen molar-refractivity contribution in [3.05, 3.63) is 65.3 Å². The van der Waals surface area contributed by atoms with Gasteiger partial charge in [-0.15, -0.1) is 11.8 Å². The molecule has 2 aromatic heterocycles. The highest BCUT2D eigenvalue weighted by Gasteiger charge is 2.18. The van der Waals surface area contributed by atoms with Gasteiger partial charge in [0.2, 0.25) is 0 Å². The van der Waals surface area contributed by atoms with Crippen LogP contribution < -0.4 is 0 Å². The van der Waals surface area contributed by atoms with E-state index in [0.29, 0.717) is 52.0 Å². The van der Waals surface area contributed by atoms with E-state index in [1.165, 1.54) is 43.0 Å². The number of benzene rings is 1. The maximum atomic E-state index is 13.0. The van der Waals surface area contributed by atoms with Crippen LogP contribution in [0.4, 0.5) is 4.39 Å². The maximum absolute atomic E-state index is 13.0. The molecule has 0 bridgehead atoms. The summed E-state index contributed by atoms with van der Waals surface area (Å²) in [7, 11) is 0. The van der Waals surface area contributed by atoms with Gasteiger partial charge in [0.1, 0.15) is 10.8 Å². The number of thioether (sulfide) groups is 1. The molecule has 0 fully saturated rings. The molecule has 0 saturated heterocycles. The number of carbonyl (C=O) groups excluding carboxylic acids is 2. The van der Waals surface area contributed by atoms with E-state index >= 15 is 0 Å². The first-order chi connectivity index (χ1) is 13.5. The van der Waals surface area contributed by atoms with E-state index in [9.17, 15) is 14.0 Å². The van der Waals surface area contributed by atoms with Crippen LogP contribution in [0.25, 0.3) is 11.6 Å². The summed E-state index contributed by atoms with van der Waals surface area (Å²) in [5.74, 6) is 1.07. The van der Waals surface area contributed by atoms with Crippen molar-refractivity contribution in [2.45, 2.75) is 31.7 Å². The molecule has 0 aliphatic heterocycles. The Morgan fingerprint density at radius 3 is 2.54 bits per heavy atom. The molecule has 0 aliphatic carbocycles. The largest absolute Gasteiger partial charge is 0.461 e. The summed E-state index contributed by atoms with van der Waals surface area (Å²) < 4.78 is 18.3. The Hall–Kier alpha value is -2.80. The van der Waals surface area contributed by atoms with Crippen molar-refractivity contribution in [3.63, 3.8) is 0 Å². The number of furan rings is 1. The molecule has 5 nitrogen and oxygen atoms in total. The molecule has 28 heavy (non-hydrogen) atoms. The fourth-order valence-corrected chi connectivity index (χ4v) is 3.82. The Morgan fingerprint density at radius 2 is 1.89 bits per heavy atom. The fourth-order valence-electron chi connectivity index (χ4n) is 2.75. The quantitative estimate of drug-likeness (QED) is 0.226. The van der Waals surface area contributed by atoms with Crippen LogP contribution in [0.3, 0.4) is 0 Å². The van der Waals surface area contributed by atoms with Crippen LogP contribution in [0.15, 0.2) is 52.1 Å². The summed E-state index contributed by atoms with van der Waals surface area (Å²) in [6.07, 6.45) is 2.49. The van der Waals surface area contributed by atoms with Gasteiger partial charge in [-0.3, -0.25) is 9.59 Å². The predicted molar refractivity (Wildman–Crippen MR) is 105 cm³/mol. The Bertz CT molecular complexity index is 986. The molecule has 3 aromatic rings. The van der Waals surface area contributed by atoms with E-state index in [1.807, 2.05) is 0 Å². The molecule has 0 amide bonds. The number of aromatic nitrogens is 2. The summed E-state index contributed by atoms with van der Waals surface area (Å²) in [5.41, 5.74) is 1.58. The third-order valence-electron chi connectivity index (χ3n) is 4.10. The fraction of sp³-hybridized carbons (Fsp3) is 0.238. The normalized spacial score (nSPS) is 10.8. The van der Waals surface area contributed by atoms with Crippen molar-refractivity contribution in [1.29, 1.82) is 0 Å². The molecule has 0 atom stereocenters. The zero-order chi connectivity index (χ0) is 20.1. The summed E-state index contributed by atoms with van der Waals surface area (Å²) >= 11 is 1.41. The van der Waals surface area contributed by atoms with Crippen LogP contribution in [-0.2, 0) is 0 Å². The SMILES string of the molecule is CC(=O)c1c(C)nc(-c2ccco2)nc1SCCCC(=O)c1ccc(F)cc1. The number of carbonyl (C=O) groups is 2. The molecule has 7 heteroatoms. The van der Waals surface area contributed by atoms with E-state index in [4.69, 9.17) is 4.42 Å². The highest BCUT2D eigenvalue weighted by molar-refractivity contribution is 7.99. The number of rotatable bonds is 8. The van der Waals surface area contributed by atoms with Crippen molar-refractivity contribution in [2.24, 2.45) is 0 Å². The first kappa shape index (κ1) is 19.9. The molecule has 3 rings (SSSR count). The van der Waals surface area contributed by atoms with Crippen LogP contribution in [0.2, 0.25) is 0 Å². The van der Waals surface area contributed by atoms with Crippen LogP contribution in [-0.4, -0.2) is 27.3 Å². The molecule has 0 saturated carbocycles. The minimum Gasteiger partial charge on any atom is -0.461 e. The van der Waals surface area contributed by atoms with Gasteiger partial charge in [0.25, 0.3) is 0 Å². The van der Waals surface area contributed by atoms with Gasteiger partial charge in [0.15, 0.2) is 23.2 Å². The van der Waals surface area contributed by atoms with Crippen LogP contribution in [0, 0.1) is 12.7 Å². The number of hydrogen-bond acceptors (Lipinski definition) is 6. The minimum absolute atomic E-state index is 0.0393. The van der Waals surface area contributed by atoms with E-state index in [0.717, 1.165) is 0 Å². The standard InChI is InChI=1S/C21H19FN2O3S/c1-13-19(14(2)25)21(24-20(23-13)18-6-3-11-27-18)28-12-4-5-17(26)15-7-9-16(22)10-8-15/h3,6-11H,4-5,12H2,1-2H3. The second kappa shape index (κ2) is 8.93. The van der Waals surface area contributed by atoms with Gasteiger partial charge in [-0.05, 0) is 62.4 Å². The molecule has 0 radical (unpaired) electrons. The van der Waals surface area contributed by atoms with Crippen LogP contribution >= 0.6 is 11.8 Å². The summed E-state index contributed by atoms with van der Waals surface area (Å²) in [5, 5.41) is 0.584. The number of Topliss-reactive ketones (excluding diaryl/α,β-unsaturated/α-hetero) is 2. The van der Waals surface area contributed by atoms with Crippen LogP contribution in [0.5, 0.6) is 0 Å². The second-order valence-corrected chi connectivity index (χ2v) is 7.31. The molecular formula is C21H19FN2O3S. The van der Waals surface area contributed by atoms with Gasteiger partial charge in [0, 0.05) is 12.0 Å². The molecule has 0 N–H and O–H groups in total. The predicted octanol–water partition coefficient (Wildman–Crippen LogP) is 5.14. The third-order valence-corrected chi connectivity index (χ3v) is 5.17. The third kappa shape index (κ3) is 4.72. The molecular weight excluding hydrogens is 379 g/mol. The smallest absolute Gasteiger partial charge is 0.196 e. The maximum Gasteiger partial charge on any atom is 0.196 e. The highest BCUT2D eigenvalue weighted by Crippen LogP contribution is 2.27. The number of nitrogens with zero attached hydrogens (tertiary/aromatic N) is 2. The summed E-state index contributed by atoms with van der Waals surface area (Å²) in [6.45, 7) is 3.26. The van der Waals surface area contributed by atoms with Gasteiger partial charge < -0.3 is 4.42 Å². The Morgan fingerprint density at radius 1 is 1.14 bits per heavy atom. The van der Waals surface area contributed by atoms with Gasteiger partial charge in [-0.1, -0.05) is 0 Å². The molecule has 1 aromatic carbocycles. The van der Waals surface area contributed by atoms with Crippen LogP contribution in [0.1, 0.15) is 46.2 Å². The van der Waals surface area contributed by atoms with Crippen molar-refractivity contribution in [1.82, 2.24) is 9.97 Å².